The molecule has 6 amide bonds. The van der Waals surface area contributed by atoms with E-state index < -0.39 is 77.7 Å². The molecule has 0 fully saturated rings. The quantitative estimate of drug-likeness (QED) is 0.0285. The highest BCUT2D eigenvalue weighted by atomic mass is 16.4. The highest BCUT2D eigenvalue weighted by molar-refractivity contribution is 5.97. The molecule has 0 unspecified atom stereocenters. The summed E-state index contributed by atoms with van der Waals surface area (Å²) in [5.41, 5.74) is 2.71. The van der Waals surface area contributed by atoms with Gasteiger partial charge in [0.1, 0.15) is 36.3 Å². The van der Waals surface area contributed by atoms with E-state index in [1.165, 1.54) is 82.1 Å². The van der Waals surface area contributed by atoms with Gasteiger partial charge >= 0.3 is 5.97 Å². The Labute approximate surface area is 362 Å². The van der Waals surface area contributed by atoms with Crippen LogP contribution in [0.15, 0.2) is 75.1 Å². The van der Waals surface area contributed by atoms with E-state index in [0.29, 0.717) is 34.2 Å². The maximum absolute atomic E-state index is 14.4. The van der Waals surface area contributed by atoms with E-state index in [9.17, 15) is 38.7 Å². The Bertz CT molecular complexity index is 2400. The highest BCUT2D eigenvalue weighted by Gasteiger charge is 2.35. The first kappa shape index (κ1) is 45.1. The van der Waals surface area contributed by atoms with E-state index in [-0.39, 0.29) is 38.5 Å². The van der Waals surface area contributed by atoms with Gasteiger partial charge in [-0.05, 0) is 0 Å². The standard InChI is InChI=1S/C38H46N18O8/c1-20(57)51-27(2-21-8-39-14-45-21)33(58)52-28(3-22-9-40-15-46-22)34(59)53-29(4-23-10-41-16-47-23)35(60)54-30(5-24-11-42-17-48-24)36(61)55-31(6-25-12-43-18-49-25)37(62)56-32(38(63)64)7-26-13-44-19-50-26/h8-19,27-32H,2-7H2,1H3,(H,39,45)(H,40,46)(H,41,47)(H,42,48)(H,43,49)(H,44,50)(H,51,57)(H,52,58)(H,53,59)(H,54,60)(H,55,61)(H,56,62)(H,63,64)/t27-,28-,29-,30-,31-,32-/m0/s1. The lowest BCUT2D eigenvalue weighted by Crippen LogP contribution is -2.61. The molecule has 6 atom stereocenters. The van der Waals surface area contributed by atoms with Crippen LogP contribution in [0.3, 0.4) is 0 Å². The molecule has 26 heteroatoms. The summed E-state index contributed by atoms with van der Waals surface area (Å²) < 4.78 is 0. The van der Waals surface area contributed by atoms with Crippen LogP contribution in [0.2, 0.25) is 0 Å². The molecule has 336 valence electrons. The number of nitrogens with one attached hydrogen (secondary N) is 12. The van der Waals surface area contributed by atoms with Gasteiger partial charge in [-0.15, -0.1) is 0 Å². The van der Waals surface area contributed by atoms with Crippen molar-refractivity contribution in [2.75, 3.05) is 0 Å². The molecular weight excluding hydrogens is 837 g/mol. The van der Waals surface area contributed by atoms with Crippen LogP contribution in [-0.2, 0) is 72.1 Å². The molecular formula is C38H46N18O8. The van der Waals surface area contributed by atoms with E-state index in [0.717, 1.165) is 0 Å². The van der Waals surface area contributed by atoms with Gasteiger partial charge in [-0.25, -0.2) is 34.7 Å². The Morgan fingerprint density at radius 2 is 0.594 bits per heavy atom. The summed E-state index contributed by atoms with van der Waals surface area (Å²) in [6.07, 6.45) is 16.2. The Morgan fingerprint density at radius 3 is 0.781 bits per heavy atom. The lowest BCUT2D eigenvalue weighted by Gasteiger charge is -2.27. The predicted octanol–water partition coefficient (Wildman–Crippen LogP) is -3.21. The third-order valence-corrected chi connectivity index (χ3v) is 9.71. The first-order valence-electron chi connectivity index (χ1n) is 19.7. The lowest BCUT2D eigenvalue weighted by atomic mass is 10.0. The maximum atomic E-state index is 14.4. The number of carbonyl (C=O) groups excluding carboxylic acids is 6. The van der Waals surface area contributed by atoms with Crippen molar-refractivity contribution in [3.05, 3.63) is 109 Å². The number of amides is 6. The highest BCUT2D eigenvalue weighted by Crippen LogP contribution is 2.09. The molecule has 0 saturated heterocycles. The zero-order chi connectivity index (χ0) is 45.4. The molecule has 6 aromatic heterocycles. The van der Waals surface area contributed by atoms with Gasteiger partial charge in [0.25, 0.3) is 0 Å². The van der Waals surface area contributed by atoms with Crippen molar-refractivity contribution in [1.29, 1.82) is 0 Å². The van der Waals surface area contributed by atoms with Crippen molar-refractivity contribution in [2.24, 2.45) is 0 Å². The average Bonchev–Trinajstić information content (AvgIpc) is 4.10. The van der Waals surface area contributed by atoms with Crippen LogP contribution in [0.5, 0.6) is 0 Å². The fraction of sp³-hybridized carbons (Fsp3) is 0.342. The van der Waals surface area contributed by atoms with Gasteiger partial charge in [-0.2, -0.15) is 0 Å². The van der Waals surface area contributed by atoms with E-state index >= 15 is 0 Å². The summed E-state index contributed by atoms with van der Waals surface area (Å²) >= 11 is 0. The fourth-order valence-corrected chi connectivity index (χ4v) is 6.55. The van der Waals surface area contributed by atoms with Crippen LogP contribution < -0.4 is 31.9 Å². The first-order chi connectivity index (χ1) is 30.9. The number of rotatable bonds is 24. The molecule has 0 spiro atoms. The molecule has 0 saturated carbocycles. The van der Waals surface area contributed by atoms with Crippen LogP contribution in [0, 0.1) is 0 Å². The second kappa shape index (κ2) is 21.9. The van der Waals surface area contributed by atoms with Crippen molar-refractivity contribution in [1.82, 2.24) is 91.7 Å². The van der Waals surface area contributed by atoms with Crippen LogP contribution in [0.1, 0.15) is 41.1 Å². The summed E-state index contributed by atoms with van der Waals surface area (Å²) in [5, 5.41) is 25.7. The minimum Gasteiger partial charge on any atom is -0.480 e. The third kappa shape index (κ3) is 13.3. The van der Waals surface area contributed by atoms with Crippen LogP contribution >= 0.6 is 0 Å². The molecule has 0 aliphatic rings. The topological polar surface area (TPSA) is 384 Å². The summed E-state index contributed by atoms with van der Waals surface area (Å²) in [4.78, 5) is 136. The van der Waals surface area contributed by atoms with Gasteiger partial charge in [0.05, 0.1) is 38.0 Å². The second-order valence-corrected chi connectivity index (χ2v) is 14.6. The number of nitrogens with zero attached hydrogens (tertiary/aromatic N) is 6. The fourth-order valence-electron chi connectivity index (χ4n) is 6.55. The van der Waals surface area contributed by atoms with Crippen LogP contribution in [-0.4, -0.2) is 143 Å². The first-order valence-corrected chi connectivity index (χ1v) is 19.7. The van der Waals surface area contributed by atoms with Crippen molar-refractivity contribution in [3.63, 3.8) is 0 Å². The minimum atomic E-state index is -1.41. The number of imidazole rings is 6. The smallest absolute Gasteiger partial charge is 0.326 e. The zero-order valence-corrected chi connectivity index (χ0v) is 34.1. The number of carboxylic acids is 1. The number of carbonyl (C=O) groups is 7. The second-order valence-electron chi connectivity index (χ2n) is 14.6. The van der Waals surface area contributed by atoms with E-state index in [1.54, 1.807) is 0 Å². The normalized spacial score (nSPS) is 13.9. The van der Waals surface area contributed by atoms with Crippen molar-refractivity contribution >= 4 is 41.4 Å². The predicted molar refractivity (Wildman–Crippen MR) is 219 cm³/mol. The van der Waals surface area contributed by atoms with Crippen molar-refractivity contribution in [2.45, 2.75) is 81.7 Å². The molecule has 0 aromatic carbocycles. The van der Waals surface area contributed by atoms with E-state index in [4.69, 9.17) is 0 Å². The summed E-state index contributed by atoms with van der Waals surface area (Å²) in [6, 6.07) is -8.03. The van der Waals surface area contributed by atoms with Gasteiger partial charge in [-0.1, -0.05) is 0 Å². The van der Waals surface area contributed by atoms with E-state index in [2.05, 4.69) is 91.7 Å². The van der Waals surface area contributed by atoms with Crippen molar-refractivity contribution in [3.8, 4) is 0 Å². The molecule has 6 heterocycles. The largest absolute Gasteiger partial charge is 0.480 e. The summed E-state index contributed by atoms with van der Waals surface area (Å²) in [7, 11) is 0. The van der Waals surface area contributed by atoms with Crippen LogP contribution in [0.25, 0.3) is 0 Å². The number of aromatic nitrogens is 12. The summed E-state index contributed by atoms with van der Waals surface area (Å²) in [5.74, 6) is -5.88. The molecule has 64 heavy (non-hydrogen) atoms. The molecule has 0 radical (unpaired) electrons. The van der Waals surface area contributed by atoms with Crippen molar-refractivity contribution < 1.29 is 38.7 Å². The Balaban J connectivity index is 1.23. The molecule has 0 bridgehead atoms. The molecule has 0 aliphatic heterocycles. The monoisotopic (exact) mass is 882 g/mol. The van der Waals surface area contributed by atoms with Gasteiger partial charge in [0.15, 0.2) is 0 Å². The Morgan fingerprint density at radius 1 is 0.391 bits per heavy atom. The molecule has 13 N–H and O–H groups in total. The molecule has 0 aliphatic carbocycles. The minimum absolute atomic E-state index is 0.0180. The summed E-state index contributed by atoms with van der Waals surface area (Å²) in [6.45, 7) is 1.24. The third-order valence-electron chi connectivity index (χ3n) is 9.71. The lowest BCUT2D eigenvalue weighted by molar-refractivity contribution is -0.142. The number of H-pyrrole nitrogens is 6. The van der Waals surface area contributed by atoms with Gasteiger partial charge in [0, 0.05) is 117 Å². The molecule has 6 aromatic rings. The number of hydrogen-bond donors (Lipinski definition) is 13. The Hall–Kier alpha value is -8.45. The Kier molecular flexibility index (Phi) is 15.4. The average molecular weight is 883 g/mol. The molecule has 6 rings (SSSR count). The molecule has 26 nitrogen and oxygen atoms in total. The number of hydrogen-bond acceptors (Lipinski definition) is 13. The van der Waals surface area contributed by atoms with Gasteiger partial charge in [0.2, 0.25) is 35.4 Å². The maximum Gasteiger partial charge on any atom is 0.326 e. The zero-order valence-electron chi connectivity index (χ0n) is 34.1. The van der Waals surface area contributed by atoms with E-state index in [1.807, 2.05) is 0 Å². The number of aliphatic carboxylic acids is 1. The van der Waals surface area contributed by atoms with Gasteiger partial charge < -0.3 is 66.9 Å². The number of aromatic amines is 6. The van der Waals surface area contributed by atoms with Gasteiger partial charge in [-0.3, -0.25) is 28.8 Å². The van der Waals surface area contributed by atoms with Crippen LogP contribution in [0.4, 0.5) is 0 Å². The SMILES string of the molecule is CC(=O)N[C@@H](Cc1cnc[nH]1)C(=O)N[C@@H](Cc1cnc[nH]1)C(=O)N[C@@H](Cc1cnc[nH]1)C(=O)N[C@@H](Cc1cnc[nH]1)C(=O)N[C@@H](Cc1cnc[nH]1)C(=O)N[C@@H](Cc1cnc[nH]1)C(=O)O. The number of carboxylic acid groups (broad SMARTS) is 1.